The van der Waals surface area contributed by atoms with Crippen LogP contribution in [0.3, 0.4) is 0 Å². The maximum Gasteiger partial charge on any atom is 0.335 e. The number of halogens is 2. The number of hydrogen-bond acceptors (Lipinski definition) is 2. The Hall–Kier alpha value is -2.76. The van der Waals surface area contributed by atoms with Gasteiger partial charge in [0, 0.05) is 23.9 Å². The molecule has 1 fully saturated rings. The fourth-order valence-electron chi connectivity index (χ4n) is 2.89. The molecule has 0 radical (unpaired) electrons. The fourth-order valence-corrected chi connectivity index (χ4v) is 2.89. The van der Waals surface area contributed by atoms with Crippen molar-refractivity contribution in [3.05, 3.63) is 70.8 Å². The van der Waals surface area contributed by atoms with Gasteiger partial charge in [-0.05, 0) is 42.7 Å². The van der Waals surface area contributed by atoms with E-state index in [0.29, 0.717) is 12.8 Å². The molecule has 2 aromatic carbocycles. The number of carboxylic acid groups (broad SMARTS) is 1. The SMILES string of the molecule is O=C(CCc1ccc(C(=O)O)cc1)NC1CC1c1c(F)cccc1F. The number of benzene rings is 2. The van der Waals surface area contributed by atoms with Crippen molar-refractivity contribution in [3.8, 4) is 0 Å². The van der Waals surface area contributed by atoms with Gasteiger partial charge < -0.3 is 10.4 Å². The van der Waals surface area contributed by atoms with Gasteiger partial charge in [-0.2, -0.15) is 0 Å². The molecule has 0 bridgehead atoms. The van der Waals surface area contributed by atoms with Gasteiger partial charge in [-0.15, -0.1) is 0 Å². The van der Waals surface area contributed by atoms with Crippen LogP contribution < -0.4 is 5.32 Å². The van der Waals surface area contributed by atoms with E-state index in [-0.39, 0.29) is 35.4 Å². The van der Waals surface area contributed by atoms with Gasteiger partial charge >= 0.3 is 5.97 Å². The third-order valence-electron chi connectivity index (χ3n) is 4.35. The van der Waals surface area contributed by atoms with Crippen molar-refractivity contribution in [2.45, 2.75) is 31.2 Å². The molecular formula is C19H17F2NO3. The normalized spacial score (nSPS) is 18.6. The number of hydrogen-bond donors (Lipinski definition) is 2. The van der Waals surface area contributed by atoms with E-state index in [2.05, 4.69) is 5.32 Å². The Morgan fingerprint density at radius 2 is 1.72 bits per heavy atom. The number of carbonyl (C=O) groups excluding carboxylic acids is 1. The molecule has 1 aliphatic carbocycles. The smallest absolute Gasteiger partial charge is 0.335 e. The Morgan fingerprint density at radius 3 is 2.32 bits per heavy atom. The standard InChI is InChI=1S/C19H17F2NO3/c20-14-2-1-3-15(21)18(14)13-10-16(13)22-17(23)9-6-11-4-7-12(8-5-11)19(24)25/h1-5,7-8,13,16H,6,9-10H2,(H,22,23)(H,24,25). The largest absolute Gasteiger partial charge is 0.478 e. The molecule has 1 aliphatic rings. The van der Waals surface area contributed by atoms with Crippen molar-refractivity contribution >= 4 is 11.9 Å². The number of carboxylic acids is 1. The molecule has 0 heterocycles. The van der Waals surface area contributed by atoms with Crippen LogP contribution in [0, 0.1) is 11.6 Å². The van der Waals surface area contributed by atoms with E-state index in [1.165, 1.54) is 30.3 Å². The number of amides is 1. The average molecular weight is 345 g/mol. The first-order valence-electron chi connectivity index (χ1n) is 8.01. The number of carbonyl (C=O) groups is 2. The third kappa shape index (κ3) is 4.02. The Kier molecular flexibility index (Phi) is 4.79. The Morgan fingerprint density at radius 1 is 1.08 bits per heavy atom. The van der Waals surface area contributed by atoms with Crippen molar-refractivity contribution in [2.24, 2.45) is 0 Å². The van der Waals surface area contributed by atoms with Crippen molar-refractivity contribution in [1.29, 1.82) is 0 Å². The van der Waals surface area contributed by atoms with E-state index in [1.54, 1.807) is 12.1 Å². The third-order valence-corrected chi connectivity index (χ3v) is 4.35. The molecule has 0 spiro atoms. The summed E-state index contributed by atoms with van der Waals surface area (Å²) in [5, 5.41) is 11.6. The number of nitrogens with one attached hydrogen (secondary N) is 1. The molecule has 1 saturated carbocycles. The lowest BCUT2D eigenvalue weighted by molar-refractivity contribution is -0.121. The molecule has 2 atom stereocenters. The van der Waals surface area contributed by atoms with Gasteiger partial charge in [0.2, 0.25) is 5.91 Å². The minimum atomic E-state index is -0.996. The van der Waals surface area contributed by atoms with Crippen LogP contribution in [-0.2, 0) is 11.2 Å². The average Bonchev–Trinajstić information content (AvgIpc) is 3.31. The van der Waals surface area contributed by atoms with Gasteiger partial charge in [0.15, 0.2) is 0 Å². The summed E-state index contributed by atoms with van der Waals surface area (Å²) in [6, 6.07) is 9.85. The van der Waals surface area contributed by atoms with Gasteiger partial charge in [0.1, 0.15) is 11.6 Å². The van der Waals surface area contributed by atoms with E-state index in [4.69, 9.17) is 5.11 Å². The monoisotopic (exact) mass is 345 g/mol. The highest BCUT2D eigenvalue weighted by Crippen LogP contribution is 2.43. The highest BCUT2D eigenvalue weighted by Gasteiger charge is 2.42. The van der Waals surface area contributed by atoms with Crippen LogP contribution in [0.5, 0.6) is 0 Å². The predicted molar refractivity (Wildman–Crippen MR) is 87.4 cm³/mol. The molecule has 4 nitrogen and oxygen atoms in total. The van der Waals surface area contributed by atoms with Crippen LogP contribution in [0.1, 0.15) is 40.2 Å². The van der Waals surface area contributed by atoms with Gasteiger partial charge in [0.25, 0.3) is 0 Å². The minimum Gasteiger partial charge on any atom is -0.478 e. The van der Waals surface area contributed by atoms with E-state index >= 15 is 0 Å². The Balaban J connectivity index is 1.50. The summed E-state index contributed by atoms with van der Waals surface area (Å²) in [5.41, 5.74) is 1.09. The minimum absolute atomic E-state index is 0.0389. The van der Waals surface area contributed by atoms with E-state index in [9.17, 15) is 18.4 Å². The molecule has 130 valence electrons. The second-order valence-corrected chi connectivity index (χ2v) is 6.15. The van der Waals surface area contributed by atoms with Crippen LogP contribution in [0.15, 0.2) is 42.5 Å². The highest BCUT2D eigenvalue weighted by molar-refractivity contribution is 5.87. The maximum absolute atomic E-state index is 13.7. The summed E-state index contributed by atoms with van der Waals surface area (Å²) in [5.74, 6) is -2.67. The van der Waals surface area contributed by atoms with Crippen molar-refractivity contribution in [3.63, 3.8) is 0 Å². The lowest BCUT2D eigenvalue weighted by Gasteiger charge is -2.07. The molecular weight excluding hydrogens is 328 g/mol. The topological polar surface area (TPSA) is 66.4 Å². The molecule has 2 N–H and O–H groups in total. The van der Waals surface area contributed by atoms with E-state index in [0.717, 1.165) is 5.56 Å². The number of aromatic carboxylic acids is 1. The molecule has 25 heavy (non-hydrogen) atoms. The number of rotatable bonds is 6. The molecule has 3 rings (SSSR count). The van der Waals surface area contributed by atoms with E-state index < -0.39 is 17.6 Å². The van der Waals surface area contributed by atoms with Gasteiger partial charge in [-0.1, -0.05) is 18.2 Å². The van der Waals surface area contributed by atoms with Gasteiger partial charge in [0.05, 0.1) is 5.56 Å². The first-order valence-corrected chi connectivity index (χ1v) is 8.01. The molecule has 2 unspecified atom stereocenters. The summed E-state index contributed by atoms with van der Waals surface area (Å²) in [4.78, 5) is 22.8. The maximum atomic E-state index is 13.7. The van der Waals surface area contributed by atoms with Crippen LogP contribution in [0.4, 0.5) is 8.78 Å². The second-order valence-electron chi connectivity index (χ2n) is 6.15. The van der Waals surface area contributed by atoms with Crippen LogP contribution in [0.2, 0.25) is 0 Å². The molecule has 6 heteroatoms. The predicted octanol–water partition coefficient (Wildman–Crippen LogP) is 3.27. The lowest BCUT2D eigenvalue weighted by Crippen LogP contribution is -2.27. The zero-order valence-electron chi connectivity index (χ0n) is 13.3. The second kappa shape index (κ2) is 7.01. The highest BCUT2D eigenvalue weighted by atomic mass is 19.1. The van der Waals surface area contributed by atoms with Crippen molar-refractivity contribution < 1.29 is 23.5 Å². The summed E-state index contributed by atoms with van der Waals surface area (Å²) >= 11 is 0. The van der Waals surface area contributed by atoms with Crippen molar-refractivity contribution in [1.82, 2.24) is 5.32 Å². The summed E-state index contributed by atoms with van der Waals surface area (Å²) in [6.07, 6.45) is 1.23. The van der Waals surface area contributed by atoms with Gasteiger partial charge in [-0.3, -0.25) is 4.79 Å². The molecule has 2 aromatic rings. The first-order chi connectivity index (χ1) is 12.0. The summed E-state index contributed by atoms with van der Waals surface area (Å²) in [6.45, 7) is 0. The zero-order valence-corrected chi connectivity index (χ0v) is 13.3. The van der Waals surface area contributed by atoms with Crippen LogP contribution >= 0.6 is 0 Å². The quantitative estimate of drug-likeness (QED) is 0.844. The van der Waals surface area contributed by atoms with E-state index in [1.807, 2.05) is 0 Å². The lowest BCUT2D eigenvalue weighted by atomic mass is 10.1. The Labute approximate surface area is 143 Å². The van der Waals surface area contributed by atoms with Gasteiger partial charge in [-0.25, -0.2) is 13.6 Å². The fraction of sp³-hybridized carbons (Fsp3) is 0.263. The molecule has 0 saturated heterocycles. The van der Waals surface area contributed by atoms with Crippen LogP contribution in [0.25, 0.3) is 0 Å². The van der Waals surface area contributed by atoms with Crippen LogP contribution in [-0.4, -0.2) is 23.0 Å². The molecule has 0 aliphatic heterocycles. The van der Waals surface area contributed by atoms with Crippen molar-refractivity contribution in [2.75, 3.05) is 0 Å². The zero-order chi connectivity index (χ0) is 18.0. The summed E-state index contributed by atoms with van der Waals surface area (Å²) < 4.78 is 27.4. The first kappa shape index (κ1) is 17.1. The number of aryl methyl sites for hydroxylation is 1. The Bertz CT molecular complexity index is 785. The summed E-state index contributed by atoms with van der Waals surface area (Å²) in [7, 11) is 0. The molecule has 0 aromatic heterocycles. The molecule has 1 amide bonds.